The molecule has 0 aliphatic carbocycles. The highest BCUT2D eigenvalue weighted by Gasteiger charge is 2.34. The number of halogens is 1. The van der Waals surface area contributed by atoms with Crippen LogP contribution >= 0.6 is 0 Å². The number of nitrogens with two attached hydrogens (primary N) is 1. The third-order valence-corrected chi connectivity index (χ3v) is 4.26. The number of rotatable bonds is 2. The van der Waals surface area contributed by atoms with Crippen LogP contribution in [0.25, 0.3) is 0 Å². The standard InChI is InChI=1S/C18H17FN2O2/c1-11-8-14(19)6-7-15(11)18(23)21-10-13-5-3-2-4-12(13)9-16(21)17(20)22/h2-8,16H,9-10H2,1H3,(H2,20,22)/t16-/m0/s1. The average Bonchev–Trinajstić information content (AvgIpc) is 2.53. The molecule has 0 radical (unpaired) electrons. The van der Waals surface area contributed by atoms with Gasteiger partial charge in [-0.05, 0) is 41.8 Å². The monoisotopic (exact) mass is 312 g/mol. The van der Waals surface area contributed by atoms with Crippen molar-refractivity contribution in [2.75, 3.05) is 0 Å². The van der Waals surface area contributed by atoms with E-state index in [-0.39, 0.29) is 5.91 Å². The minimum atomic E-state index is -0.693. The summed E-state index contributed by atoms with van der Waals surface area (Å²) in [6.07, 6.45) is 0.400. The molecule has 0 unspecified atom stereocenters. The lowest BCUT2D eigenvalue weighted by atomic mass is 9.92. The van der Waals surface area contributed by atoms with Crippen LogP contribution in [-0.4, -0.2) is 22.8 Å². The molecule has 118 valence electrons. The quantitative estimate of drug-likeness (QED) is 0.924. The molecule has 2 aromatic carbocycles. The largest absolute Gasteiger partial charge is 0.368 e. The Balaban J connectivity index is 1.99. The number of hydrogen-bond donors (Lipinski definition) is 1. The topological polar surface area (TPSA) is 63.4 Å². The lowest BCUT2D eigenvalue weighted by molar-refractivity contribution is -0.122. The van der Waals surface area contributed by atoms with Crippen LogP contribution in [0.5, 0.6) is 0 Å². The Morgan fingerprint density at radius 2 is 1.87 bits per heavy atom. The molecule has 1 atom stereocenters. The van der Waals surface area contributed by atoms with Gasteiger partial charge in [0.05, 0.1) is 0 Å². The maximum atomic E-state index is 13.3. The summed E-state index contributed by atoms with van der Waals surface area (Å²) in [7, 11) is 0. The number of nitrogens with zero attached hydrogens (tertiary/aromatic N) is 1. The first-order valence-corrected chi connectivity index (χ1v) is 7.40. The molecule has 2 amide bonds. The first kappa shape index (κ1) is 15.2. The van der Waals surface area contributed by atoms with Crippen LogP contribution in [-0.2, 0) is 17.8 Å². The predicted octanol–water partition coefficient (Wildman–Crippen LogP) is 2.19. The summed E-state index contributed by atoms with van der Waals surface area (Å²) >= 11 is 0. The van der Waals surface area contributed by atoms with Gasteiger partial charge in [0.15, 0.2) is 0 Å². The lowest BCUT2D eigenvalue weighted by Gasteiger charge is -2.35. The summed E-state index contributed by atoms with van der Waals surface area (Å²) < 4.78 is 13.3. The summed E-state index contributed by atoms with van der Waals surface area (Å²) in [5.74, 6) is -1.23. The Bertz CT molecular complexity index is 788. The molecule has 23 heavy (non-hydrogen) atoms. The third-order valence-electron chi connectivity index (χ3n) is 4.26. The lowest BCUT2D eigenvalue weighted by Crippen LogP contribution is -2.51. The van der Waals surface area contributed by atoms with Crippen LogP contribution in [0.1, 0.15) is 27.0 Å². The van der Waals surface area contributed by atoms with Crippen LogP contribution in [0.2, 0.25) is 0 Å². The Morgan fingerprint density at radius 3 is 2.52 bits per heavy atom. The zero-order chi connectivity index (χ0) is 16.6. The zero-order valence-electron chi connectivity index (χ0n) is 12.8. The fraction of sp³-hybridized carbons (Fsp3) is 0.222. The van der Waals surface area contributed by atoms with E-state index in [4.69, 9.17) is 5.73 Å². The molecule has 4 nitrogen and oxygen atoms in total. The Kier molecular flexibility index (Phi) is 3.86. The predicted molar refractivity (Wildman–Crippen MR) is 84.1 cm³/mol. The molecule has 1 aliphatic rings. The van der Waals surface area contributed by atoms with Crippen molar-refractivity contribution in [3.8, 4) is 0 Å². The van der Waals surface area contributed by atoms with Crippen LogP contribution < -0.4 is 5.73 Å². The van der Waals surface area contributed by atoms with E-state index in [1.807, 2.05) is 24.3 Å². The summed E-state index contributed by atoms with van der Waals surface area (Å²) in [5, 5.41) is 0. The number of amides is 2. The molecule has 0 saturated carbocycles. The van der Waals surface area contributed by atoms with Crippen LogP contribution in [0, 0.1) is 12.7 Å². The van der Waals surface area contributed by atoms with Gasteiger partial charge in [-0.3, -0.25) is 9.59 Å². The van der Waals surface area contributed by atoms with Gasteiger partial charge in [-0.2, -0.15) is 0 Å². The maximum Gasteiger partial charge on any atom is 0.255 e. The van der Waals surface area contributed by atoms with Gasteiger partial charge in [0.25, 0.3) is 5.91 Å². The summed E-state index contributed by atoms with van der Waals surface area (Å²) in [6, 6.07) is 11.0. The number of carbonyl (C=O) groups excluding carboxylic acids is 2. The smallest absolute Gasteiger partial charge is 0.255 e. The summed E-state index contributed by atoms with van der Waals surface area (Å²) in [6.45, 7) is 1.99. The molecule has 5 heteroatoms. The molecule has 2 N–H and O–H groups in total. The fourth-order valence-corrected chi connectivity index (χ4v) is 3.01. The van der Waals surface area contributed by atoms with Crippen LogP contribution in [0.15, 0.2) is 42.5 Å². The molecular weight excluding hydrogens is 295 g/mol. The van der Waals surface area contributed by atoms with Crippen molar-refractivity contribution < 1.29 is 14.0 Å². The maximum absolute atomic E-state index is 13.3. The summed E-state index contributed by atoms with van der Waals surface area (Å²) in [5.41, 5.74) is 8.45. The number of hydrogen-bond acceptors (Lipinski definition) is 2. The van der Waals surface area contributed by atoms with E-state index in [1.54, 1.807) is 6.92 Å². The second kappa shape index (κ2) is 5.83. The number of carbonyl (C=O) groups is 2. The third kappa shape index (κ3) is 2.82. The minimum Gasteiger partial charge on any atom is -0.368 e. The Labute approximate surface area is 133 Å². The molecule has 2 aromatic rings. The van der Waals surface area contributed by atoms with Gasteiger partial charge < -0.3 is 10.6 Å². The molecule has 1 aliphatic heterocycles. The zero-order valence-corrected chi connectivity index (χ0v) is 12.8. The van der Waals surface area contributed by atoms with Crippen molar-refractivity contribution in [2.45, 2.75) is 25.9 Å². The highest BCUT2D eigenvalue weighted by molar-refractivity contribution is 5.98. The van der Waals surface area contributed by atoms with Gasteiger partial charge in [-0.25, -0.2) is 4.39 Å². The highest BCUT2D eigenvalue weighted by atomic mass is 19.1. The minimum absolute atomic E-state index is 0.305. The number of benzene rings is 2. The van der Waals surface area contributed by atoms with E-state index in [0.717, 1.165) is 11.1 Å². The molecule has 3 rings (SSSR count). The molecule has 0 aromatic heterocycles. The number of fused-ring (bicyclic) bond motifs is 1. The van der Waals surface area contributed by atoms with Gasteiger partial charge in [-0.15, -0.1) is 0 Å². The van der Waals surface area contributed by atoms with E-state index in [0.29, 0.717) is 24.1 Å². The SMILES string of the molecule is Cc1cc(F)ccc1C(=O)N1Cc2ccccc2C[C@H]1C(N)=O. The molecule has 0 bridgehead atoms. The normalized spacial score (nSPS) is 16.8. The van der Waals surface area contributed by atoms with Crippen molar-refractivity contribution >= 4 is 11.8 Å². The van der Waals surface area contributed by atoms with E-state index in [2.05, 4.69) is 0 Å². The second-order valence-corrected chi connectivity index (χ2v) is 5.78. The van der Waals surface area contributed by atoms with E-state index in [9.17, 15) is 14.0 Å². The Hall–Kier alpha value is -2.69. The second-order valence-electron chi connectivity index (χ2n) is 5.78. The van der Waals surface area contributed by atoms with E-state index in [1.165, 1.54) is 23.1 Å². The molecule has 0 fully saturated rings. The van der Waals surface area contributed by atoms with Crippen molar-refractivity contribution in [3.63, 3.8) is 0 Å². The molecule has 0 spiro atoms. The van der Waals surface area contributed by atoms with Gasteiger partial charge in [0.1, 0.15) is 11.9 Å². The first-order chi connectivity index (χ1) is 11.0. The number of primary amides is 1. The van der Waals surface area contributed by atoms with Gasteiger partial charge >= 0.3 is 0 Å². The van der Waals surface area contributed by atoms with E-state index < -0.39 is 17.8 Å². The van der Waals surface area contributed by atoms with Crippen LogP contribution in [0.4, 0.5) is 4.39 Å². The van der Waals surface area contributed by atoms with E-state index >= 15 is 0 Å². The van der Waals surface area contributed by atoms with Crippen molar-refractivity contribution in [3.05, 3.63) is 70.5 Å². The molecule has 1 heterocycles. The highest BCUT2D eigenvalue weighted by Crippen LogP contribution is 2.25. The molecule has 0 saturated heterocycles. The van der Waals surface area contributed by atoms with Crippen molar-refractivity contribution in [2.24, 2.45) is 5.73 Å². The van der Waals surface area contributed by atoms with Crippen LogP contribution in [0.3, 0.4) is 0 Å². The number of aryl methyl sites for hydroxylation is 1. The summed E-state index contributed by atoms with van der Waals surface area (Å²) in [4.78, 5) is 26.1. The van der Waals surface area contributed by atoms with Crippen molar-refractivity contribution in [1.82, 2.24) is 4.90 Å². The van der Waals surface area contributed by atoms with Gasteiger partial charge in [0.2, 0.25) is 5.91 Å². The first-order valence-electron chi connectivity index (χ1n) is 7.40. The fourth-order valence-electron chi connectivity index (χ4n) is 3.01. The van der Waals surface area contributed by atoms with Crippen molar-refractivity contribution in [1.29, 1.82) is 0 Å². The molecular formula is C18H17FN2O2. The van der Waals surface area contributed by atoms with Gasteiger partial charge in [0, 0.05) is 18.5 Å². The van der Waals surface area contributed by atoms with Gasteiger partial charge in [-0.1, -0.05) is 24.3 Å². The Morgan fingerprint density at radius 1 is 1.17 bits per heavy atom. The average molecular weight is 312 g/mol.